The molecule has 0 spiro atoms. The van der Waals surface area contributed by atoms with Gasteiger partial charge in [0.1, 0.15) is 0 Å². The average Bonchev–Trinajstić information content (AvgIpc) is 2.05. The van der Waals surface area contributed by atoms with Crippen LogP contribution in [0.3, 0.4) is 0 Å². The van der Waals surface area contributed by atoms with Crippen molar-refractivity contribution in [2.24, 2.45) is 17.7 Å². The molecule has 5 N–H and O–H groups in total. The summed E-state index contributed by atoms with van der Waals surface area (Å²) in [5.74, 6) is 4.52. The van der Waals surface area contributed by atoms with Crippen LogP contribution in [0.4, 0.5) is 0 Å². The largest absolute Gasteiger partial charge is 0.481 e. The number of rotatable bonds is 3. The quantitative estimate of drug-likeness (QED) is 0.317. The Balaban J connectivity index is 2.35. The standard InChI is InChI=1S/C7H15N3O2/c8-10-3-5-1-6(7(11)12)4-9-2-5/h5-6,9-10H,1-4,8H2,(H,11,12)/t5-,6+/m0/s1. The van der Waals surface area contributed by atoms with Crippen LogP contribution in [0.25, 0.3) is 0 Å². The zero-order valence-corrected chi connectivity index (χ0v) is 6.92. The summed E-state index contributed by atoms with van der Waals surface area (Å²) in [6, 6.07) is 0. The average molecular weight is 173 g/mol. The predicted octanol–water partition coefficient (Wildman–Crippen LogP) is -1.24. The van der Waals surface area contributed by atoms with Crippen molar-refractivity contribution in [3.63, 3.8) is 0 Å². The maximum absolute atomic E-state index is 10.6. The van der Waals surface area contributed by atoms with Crippen molar-refractivity contribution in [2.75, 3.05) is 19.6 Å². The molecule has 1 aliphatic heterocycles. The van der Waals surface area contributed by atoms with Crippen LogP contribution in [0, 0.1) is 11.8 Å². The van der Waals surface area contributed by atoms with Gasteiger partial charge in [0.25, 0.3) is 0 Å². The normalized spacial score (nSPS) is 30.1. The number of carbonyl (C=O) groups is 1. The maximum Gasteiger partial charge on any atom is 0.307 e. The van der Waals surface area contributed by atoms with E-state index < -0.39 is 5.97 Å². The Bertz CT molecular complexity index is 161. The number of hydrogen-bond acceptors (Lipinski definition) is 4. The van der Waals surface area contributed by atoms with Crippen LogP contribution in [0.1, 0.15) is 6.42 Å². The Morgan fingerprint density at radius 1 is 1.67 bits per heavy atom. The molecule has 0 aliphatic carbocycles. The van der Waals surface area contributed by atoms with E-state index in [0.29, 0.717) is 25.4 Å². The van der Waals surface area contributed by atoms with Gasteiger partial charge >= 0.3 is 5.97 Å². The number of aliphatic carboxylic acids is 1. The Hall–Kier alpha value is -0.650. The molecule has 0 amide bonds. The SMILES string of the molecule is NNC[C@@H]1CNC[C@H](C(=O)O)C1. The number of carboxylic acids is 1. The molecule has 1 saturated heterocycles. The minimum absolute atomic E-state index is 0.253. The lowest BCUT2D eigenvalue weighted by Crippen LogP contribution is -2.44. The fourth-order valence-electron chi connectivity index (χ4n) is 1.54. The van der Waals surface area contributed by atoms with Crippen molar-refractivity contribution >= 4 is 5.97 Å². The monoisotopic (exact) mass is 173 g/mol. The van der Waals surface area contributed by atoms with E-state index in [9.17, 15) is 4.79 Å². The molecular formula is C7H15N3O2. The minimum Gasteiger partial charge on any atom is -0.481 e. The summed E-state index contributed by atoms with van der Waals surface area (Å²) in [6.45, 7) is 2.11. The zero-order valence-electron chi connectivity index (χ0n) is 6.92. The van der Waals surface area contributed by atoms with Gasteiger partial charge in [0.2, 0.25) is 0 Å². The first-order valence-electron chi connectivity index (χ1n) is 4.11. The van der Waals surface area contributed by atoms with Crippen molar-refractivity contribution in [1.82, 2.24) is 10.7 Å². The molecule has 1 heterocycles. The summed E-state index contributed by atoms with van der Waals surface area (Å²) < 4.78 is 0. The van der Waals surface area contributed by atoms with E-state index in [2.05, 4.69) is 10.7 Å². The molecule has 5 nitrogen and oxygen atoms in total. The van der Waals surface area contributed by atoms with Crippen LogP contribution in [0.2, 0.25) is 0 Å². The minimum atomic E-state index is -0.718. The highest BCUT2D eigenvalue weighted by molar-refractivity contribution is 5.70. The van der Waals surface area contributed by atoms with Crippen LogP contribution < -0.4 is 16.6 Å². The van der Waals surface area contributed by atoms with Crippen molar-refractivity contribution < 1.29 is 9.90 Å². The molecule has 0 aromatic heterocycles. The number of carboxylic acid groups (broad SMARTS) is 1. The second-order valence-electron chi connectivity index (χ2n) is 3.20. The highest BCUT2D eigenvalue weighted by Crippen LogP contribution is 2.15. The molecular weight excluding hydrogens is 158 g/mol. The van der Waals surface area contributed by atoms with E-state index in [1.807, 2.05) is 0 Å². The Morgan fingerprint density at radius 2 is 2.42 bits per heavy atom. The van der Waals surface area contributed by atoms with Gasteiger partial charge in [0.15, 0.2) is 0 Å². The van der Waals surface area contributed by atoms with Crippen molar-refractivity contribution in [3.8, 4) is 0 Å². The molecule has 1 rings (SSSR count). The lowest BCUT2D eigenvalue weighted by Gasteiger charge is -2.27. The molecule has 0 radical (unpaired) electrons. The van der Waals surface area contributed by atoms with Crippen LogP contribution in [0.15, 0.2) is 0 Å². The predicted molar refractivity (Wildman–Crippen MR) is 44.3 cm³/mol. The molecule has 1 aliphatic rings. The highest BCUT2D eigenvalue weighted by atomic mass is 16.4. The molecule has 12 heavy (non-hydrogen) atoms. The van der Waals surface area contributed by atoms with Crippen LogP contribution in [-0.2, 0) is 4.79 Å². The van der Waals surface area contributed by atoms with Gasteiger partial charge in [-0.15, -0.1) is 0 Å². The van der Waals surface area contributed by atoms with Crippen molar-refractivity contribution in [2.45, 2.75) is 6.42 Å². The van der Waals surface area contributed by atoms with Gasteiger partial charge in [-0.1, -0.05) is 0 Å². The highest BCUT2D eigenvalue weighted by Gasteiger charge is 2.25. The van der Waals surface area contributed by atoms with E-state index in [4.69, 9.17) is 10.9 Å². The summed E-state index contributed by atoms with van der Waals surface area (Å²) in [7, 11) is 0. The summed E-state index contributed by atoms with van der Waals surface area (Å²) in [5, 5.41) is 11.8. The van der Waals surface area contributed by atoms with E-state index in [-0.39, 0.29) is 5.92 Å². The van der Waals surface area contributed by atoms with Gasteiger partial charge in [0.05, 0.1) is 5.92 Å². The summed E-state index contributed by atoms with van der Waals surface area (Å²) in [4.78, 5) is 10.6. The molecule has 0 unspecified atom stereocenters. The van der Waals surface area contributed by atoms with Crippen LogP contribution >= 0.6 is 0 Å². The van der Waals surface area contributed by atoms with E-state index in [0.717, 1.165) is 6.54 Å². The molecule has 0 aromatic rings. The third-order valence-electron chi connectivity index (χ3n) is 2.20. The topological polar surface area (TPSA) is 87.4 Å². The van der Waals surface area contributed by atoms with Gasteiger partial charge in [-0.25, -0.2) is 0 Å². The molecule has 70 valence electrons. The van der Waals surface area contributed by atoms with Crippen LogP contribution in [-0.4, -0.2) is 30.7 Å². The third-order valence-corrected chi connectivity index (χ3v) is 2.20. The van der Waals surface area contributed by atoms with Crippen LogP contribution in [0.5, 0.6) is 0 Å². The molecule has 5 heteroatoms. The molecule has 1 fully saturated rings. The Kier molecular flexibility index (Phi) is 3.46. The summed E-state index contributed by atoms with van der Waals surface area (Å²) >= 11 is 0. The molecule has 2 atom stereocenters. The third kappa shape index (κ3) is 2.44. The lowest BCUT2D eigenvalue weighted by molar-refractivity contribution is -0.142. The number of hydrogen-bond donors (Lipinski definition) is 4. The van der Waals surface area contributed by atoms with Gasteiger partial charge in [-0.3, -0.25) is 16.1 Å². The number of piperidine rings is 1. The molecule has 0 saturated carbocycles. The number of hydrazine groups is 1. The Morgan fingerprint density at radius 3 is 3.00 bits per heavy atom. The van der Waals surface area contributed by atoms with E-state index in [1.54, 1.807) is 0 Å². The van der Waals surface area contributed by atoms with Gasteiger partial charge in [0, 0.05) is 13.1 Å². The van der Waals surface area contributed by atoms with Gasteiger partial charge in [-0.05, 0) is 18.9 Å². The number of nitrogens with two attached hydrogens (primary N) is 1. The zero-order chi connectivity index (χ0) is 8.97. The Labute approximate surface area is 71.3 Å². The van der Waals surface area contributed by atoms with Crippen molar-refractivity contribution in [3.05, 3.63) is 0 Å². The lowest BCUT2D eigenvalue weighted by atomic mass is 9.91. The first-order valence-corrected chi connectivity index (χ1v) is 4.11. The fraction of sp³-hybridized carbons (Fsp3) is 0.857. The second-order valence-corrected chi connectivity index (χ2v) is 3.20. The number of nitrogens with one attached hydrogen (secondary N) is 2. The van der Waals surface area contributed by atoms with Gasteiger partial charge < -0.3 is 10.4 Å². The molecule has 0 bridgehead atoms. The van der Waals surface area contributed by atoms with E-state index in [1.165, 1.54) is 0 Å². The van der Waals surface area contributed by atoms with Crippen molar-refractivity contribution in [1.29, 1.82) is 0 Å². The smallest absolute Gasteiger partial charge is 0.307 e. The summed E-state index contributed by atoms with van der Waals surface area (Å²) in [5.41, 5.74) is 2.56. The first kappa shape index (κ1) is 9.44. The van der Waals surface area contributed by atoms with E-state index >= 15 is 0 Å². The summed E-state index contributed by atoms with van der Waals surface area (Å²) in [6.07, 6.45) is 0.715. The second kappa shape index (κ2) is 4.39. The first-order chi connectivity index (χ1) is 5.74. The maximum atomic E-state index is 10.6. The molecule has 0 aromatic carbocycles. The van der Waals surface area contributed by atoms with Gasteiger partial charge in [-0.2, -0.15) is 0 Å². The fourth-order valence-corrected chi connectivity index (χ4v) is 1.54.